The lowest BCUT2D eigenvalue weighted by Crippen LogP contribution is -2.47. The summed E-state index contributed by atoms with van der Waals surface area (Å²) in [5, 5.41) is 4.88. The molecule has 2 atom stereocenters. The van der Waals surface area contributed by atoms with Crippen LogP contribution in [0.5, 0.6) is 0 Å². The summed E-state index contributed by atoms with van der Waals surface area (Å²) in [6.07, 6.45) is -0.923. The van der Waals surface area contributed by atoms with Crippen LogP contribution in [0.25, 0.3) is 0 Å². The summed E-state index contributed by atoms with van der Waals surface area (Å²) in [4.78, 5) is 11.4. The molecule has 1 aliphatic rings. The Balaban J connectivity index is 2.20. The molecule has 3 nitrogen and oxygen atoms in total. The highest BCUT2D eigenvalue weighted by Crippen LogP contribution is 2.33. The van der Waals surface area contributed by atoms with E-state index in [0.717, 1.165) is 12.3 Å². The zero-order valence-corrected chi connectivity index (χ0v) is 10.1. The molecule has 0 radical (unpaired) electrons. The second-order valence-electron chi connectivity index (χ2n) is 4.80. The Hall–Kier alpha value is -0.780. The van der Waals surface area contributed by atoms with Crippen molar-refractivity contribution in [2.45, 2.75) is 51.4 Å². The van der Waals surface area contributed by atoms with E-state index in [4.69, 9.17) is 0 Å². The van der Waals surface area contributed by atoms with Crippen molar-refractivity contribution < 1.29 is 18.0 Å². The third-order valence-electron chi connectivity index (χ3n) is 2.77. The molecule has 0 aromatic rings. The summed E-state index contributed by atoms with van der Waals surface area (Å²) in [6, 6.07) is -0.430. The monoisotopic (exact) mass is 252 g/mol. The maximum Gasteiger partial charge on any atom is 0.405 e. The van der Waals surface area contributed by atoms with Crippen molar-refractivity contribution in [2.75, 3.05) is 6.54 Å². The van der Waals surface area contributed by atoms with Crippen LogP contribution in [0.2, 0.25) is 0 Å². The number of carbonyl (C=O) groups is 1. The van der Waals surface area contributed by atoms with Gasteiger partial charge in [-0.15, -0.1) is 0 Å². The minimum absolute atomic E-state index is 0.161. The van der Waals surface area contributed by atoms with Crippen molar-refractivity contribution in [3.63, 3.8) is 0 Å². The van der Waals surface area contributed by atoms with E-state index < -0.39 is 24.7 Å². The number of hydrogen-bond acceptors (Lipinski definition) is 2. The van der Waals surface area contributed by atoms with Crippen LogP contribution in [0, 0.1) is 5.92 Å². The van der Waals surface area contributed by atoms with Crippen LogP contribution >= 0.6 is 0 Å². The number of hydrogen-bond donors (Lipinski definition) is 2. The third-order valence-corrected chi connectivity index (χ3v) is 2.77. The minimum atomic E-state index is -4.35. The second kappa shape index (κ2) is 5.71. The zero-order valence-electron chi connectivity index (χ0n) is 10.1. The molecule has 1 rings (SSSR count). The molecule has 0 spiro atoms. The van der Waals surface area contributed by atoms with E-state index in [1.54, 1.807) is 6.92 Å². The molecule has 0 saturated heterocycles. The van der Waals surface area contributed by atoms with Crippen LogP contribution in [0.1, 0.15) is 33.1 Å². The standard InChI is InChI=1S/C11H19F3N2O/c1-7(5-9-3-4-9)16-8(2)10(17)15-6-11(12,13)14/h7-9,16H,3-6H2,1-2H3,(H,15,17). The molecular weight excluding hydrogens is 233 g/mol. The molecule has 1 saturated carbocycles. The maximum absolute atomic E-state index is 11.9. The van der Waals surface area contributed by atoms with E-state index in [0.29, 0.717) is 0 Å². The van der Waals surface area contributed by atoms with Crippen molar-refractivity contribution in [1.29, 1.82) is 0 Å². The van der Waals surface area contributed by atoms with Gasteiger partial charge < -0.3 is 10.6 Å². The highest BCUT2D eigenvalue weighted by atomic mass is 19.4. The van der Waals surface area contributed by atoms with Gasteiger partial charge in [0.05, 0.1) is 6.04 Å². The summed E-state index contributed by atoms with van der Waals surface area (Å²) >= 11 is 0. The quantitative estimate of drug-likeness (QED) is 0.757. The molecule has 1 amide bonds. The van der Waals surface area contributed by atoms with Gasteiger partial charge >= 0.3 is 6.18 Å². The fourth-order valence-corrected chi connectivity index (χ4v) is 1.76. The first kappa shape index (κ1) is 14.3. The zero-order chi connectivity index (χ0) is 13.1. The van der Waals surface area contributed by atoms with Crippen LogP contribution in [0.15, 0.2) is 0 Å². The summed E-state index contributed by atoms with van der Waals surface area (Å²) < 4.78 is 35.7. The molecule has 0 aromatic carbocycles. The predicted octanol–water partition coefficient (Wildman–Crippen LogP) is 1.83. The van der Waals surface area contributed by atoms with Gasteiger partial charge in [-0.1, -0.05) is 12.8 Å². The van der Waals surface area contributed by atoms with Crippen molar-refractivity contribution in [3.05, 3.63) is 0 Å². The van der Waals surface area contributed by atoms with Crippen LogP contribution in [-0.2, 0) is 4.79 Å². The van der Waals surface area contributed by atoms with E-state index in [-0.39, 0.29) is 6.04 Å². The molecule has 0 aromatic heterocycles. The lowest BCUT2D eigenvalue weighted by atomic mass is 10.1. The van der Waals surface area contributed by atoms with Gasteiger partial charge in [-0.3, -0.25) is 4.79 Å². The molecule has 2 unspecified atom stereocenters. The highest BCUT2D eigenvalue weighted by molar-refractivity contribution is 5.81. The SMILES string of the molecule is CC(CC1CC1)NC(C)C(=O)NCC(F)(F)F. The summed E-state index contributed by atoms with van der Waals surface area (Å²) in [6.45, 7) is 2.26. The van der Waals surface area contributed by atoms with Gasteiger partial charge in [-0.05, 0) is 26.2 Å². The fourth-order valence-electron chi connectivity index (χ4n) is 1.76. The summed E-state index contributed by atoms with van der Waals surface area (Å²) in [5.41, 5.74) is 0. The Morgan fingerprint density at radius 2 is 1.94 bits per heavy atom. The first-order valence-electron chi connectivity index (χ1n) is 5.88. The first-order valence-corrected chi connectivity index (χ1v) is 5.88. The van der Waals surface area contributed by atoms with Crippen molar-refractivity contribution in [2.24, 2.45) is 5.92 Å². The lowest BCUT2D eigenvalue weighted by Gasteiger charge is -2.19. The Labute approximate surface area is 99.1 Å². The van der Waals surface area contributed by atoms with Crippen molar-refractivity contribution in [1.82, 2.24) is 10.6 Å². The van der Waals surface area contributed by atoms with Crippen LogP contribution in [0.3, 0.4) is 0 Å². The van der Waals surface area contributed by atoms with E-state index in [2.05, 4.69) is 5.32 Å². The van der Waals surface area contributed by atoms with E-state index in [9.17, 15) is 18.0 Å². The Bertz CT molecular complexity index is 264. The number of rotatable bonds is 6. The topological polar surface area (TPSA) is 41.1 Å². The molecular formula is C11H19F3N2O. The molecule has 2 N–H and O–H groups in total. The molecule has 0 aliphatic heterocycles. The highest BCUT2D eigenvalue weighted by Gasteiger charge is 2.29. The first-order chi connectivity index (χ1) is 7.78. The smallest absolute Gasteiger partial charge is 0.346 e. The Morgan fingerprint density at radius 3 is 2.41 bits per heavy atom. The van der Waals surface area contributed by atoms with Gasteiger partial charge in [-0.2, -0.15) is 13.2 Å². The van der Waals surface area contributed by atoms with Gasteiger partial charge in [-0.25, -0.2) is 0 Å². The van der Waals surface area contributed by atoms with Crippen LogP contribution in [0.4, 0.5) is 13.2 Å². The van der Waals surface area contributed by atoms with Crippen LogP contribution < -0.4 is 10.6 Å². The minimum Gasteiger partial charge on any atom is -0.346 e. The molecule has 0 bridgehead atoms. The van der Waals surface area contributed by atoms with E-state index in [1.807, 2.05) is 12.2 Å². The number of nitrogens with one attached hydrogen (secondary N) is 2. The molecule has 1 fully saturated rings. The predicted molar refractivity (Wildman–Crippen MR) is 58.5 cm³/mol. The average Bonchev–Trinajstić information content (AvgIpc) is 2.96. The maximum atomic E-state index is 11.9. The number of alkyl halides is 3. The van der Waals surface area contributed by atoms with E-state index in [1.165, 1.54) is 12.8 Å². The van der Waals surface area contributed by atoms with Crippen LogP contribution in [-0.4, -0.2) is 30.7 Å². The van der Waals surface area contributed by atoms with Crippen molar-refractivity contribution in [3.8, 4) is 0 Å². The molecule has 17 heavy (non-hydrogen) atoms. The largest absolute Gasteiger partial charge is 0.405 e. The normalized spacial score (nSPS) is 19.8. The fraction of sp³-hybridized carbons (Fsp3) is 0.909. The van der Waals surface area contributed by atoms with Gasteiger partial charge in [0.2, 0.25) is 5.91 Å². The summed E-state index contributed by atoms with van der Waals surface area (Å²) in [5.74, 6) is 0.118. The average molecular weight is 252 g/mol. The molecule has 100 valence electrons. The lowest BCUT2D eigenvalue weighted by molar-refractivity contribution is -0.139. The Kier molecular flexibility index (Phi) is 4.80. The Morgan fingerprint density at radius 1 is 1.35 bits per heavy atom. The number of amides is 1. The van der Waals surface area contributed by atoms with Gasteiger partial charge in [0, 0.05) is 6.04 Å². The van der Waals surface area contributed by atoms with Crippen molar-refractivity contribution >= 4 is 5.91 Å². The number of carbonyl (C=O) groups excluding carboxylic acids is 1. The summed E-state index contributed by atoms with van der Waals surface area (Å²) in [7, 11) is 0. The van der Waals surface area contributed by atoms with E-state index >= 15 is 0 Å². The van der Waals surface area contributed by atoms with Gasteiger partial charge in [0.1, 0.15) is 6.54 Å². The molecule has 0 heterocycles. The second-order valence-corrected chi connectivity index (χ2v) is 4.80. The molecule has 1 aliphatic carbocycles. The third kappa shape index (κ3) is 6.51. The molecule has 6 heteroatoms. The van der Waals surface area contributed by atoms with Gasteiger partial charge in [0.15, 0.2) is 0 Å². The number of halogens is 3. The van der Waals surface area contributed by atoms with Gasteiger partial charge in [0.25, 0.3) is 0 Å².